The highest BCUT2D eigenvalue weighted by atomic mass is 32.1. The van der Waals surface area contributed by atoms with E-state index in [1.807, 2.05) is 0 Å². The Hall–Kier alpha value is -2.79. The molecule has 0 aromatic heterocycles. The Kier molecular flexibility index (Phi) is 9.25. The Morgan fingerprint density at radius 2 is 1.57 bits per heavy atom. The largest absolute Gasteiger partial charge is 0.508 e. The summed E-state index contributed by atoms with van der Waals surface area (Å²) < 4.78 is 0. The van der Waals surface area contributed by atoms with Crippen molar-refractivity contribution in [3.05, 3.63) is 29.8 Å². The second-order valence-corrected chi connectivity index (χ2v) is 6.42. The van der Waals surface area contributed by atoms with Gasteiger partial charge in [-0.15, -0.1) is 0 Å². The number of thiol groups is 1. The van der Waals surface area contributed by atoms with Crippen LogP contribution in [0.5, 0.6) is 5.75 Å². The van der Waals surface area contributed by atoms with Gasteiger partial charge in [0, 0.05) is 18.6 Å². The number of aliphatic carboxylic acids is 2. The topological polar surface area (TPSA) is 179 Å². The molecule has 10 nitrogen and oxygen atoms in total. The number of nitrogens with one attached hydrogen (secondary N) is 2. The molecule has 0 aliphatic rings. The number of hydrogen-bond acceptors (Lipinski definition) is 7. The number of benzene rings is 1. The zero-order valence-corrected chi connectivity index (χ0v) is 15.8. The molecule has 0 saturated heterocycles. The standard InChI is InChI=1S/C17H23N3O7S/c18-11(8-28)15(24)19-12(5-6-14(22)23)16(25)20-13(17(26)27)7-9-1-3-10(21)4-2-9/h1-4,11-13,21,28H,5-8,18H2,(H,19,24)(H,20,25)(H,22,23)(H,26,27)/t11-,12-,13-/m0/s1. The fraction of sp³-hybridized carbons (Fsp3) is 0.412. The van der Waals surface area contributed by atoms with Gasteiger partial charge in [-0.2, -0.15) is 12.6 Å². The van der Waals surface area contributed by atoms with Crippen LogP contribution in [0, 0.1) is 0 Å². The molecule has 154 valence electrons. The molecule has 0 fully saturated rings. The van der Waals surface area contributed by atoms with Crippen LogP contribution in [-0.4, -0.2) is 63.0 Å². The quantitative estimate of drug-likeness (QED) is 0.228. The first-order valence-electron chi connectivity index (χ1n) is 8.33. The first kappa shape index (κ1) is 23.2. The van der Waals surface area contributed by atoms with Crippen molar-refractivity contribution in [2.24, 2.45) is 5.73 Å². The molecule has 2 amide bonds. The van der Waals surface area contributed by atoms with Gasteiger partial charge >= 0.3 is 11.9 Å². The first-order valence-corrected chi connectivity index (χ1v) is 8.97. The van der Waals surface area contributed by atoms with Crippen LogP contribution in [0.25, 0.3) is 0 Å². The number of phenols is 1. The molecule has 11 heteroatoms. The summed E-state index contributed by atoms with van der Waals surface area (Å²) in [7, 11) is 0. The van der Waals surface area contributed by atoms with Crippen LogP contribution < -0.4 is 16.4 Å². The van der Waals surface area contributed by atoms with Crippen LogP contribution in [0.3, 0.4) is 0 Å². The number of hydrogen-bond donors (Lipinski definition) is 7. The molecular formula is C17H23N3O7S. The van der Waals surface area contributed by atoms with Gasteiger partial charge in [0.05, 0.1) is 6.04 Å². The van der Waals surface area contributed by atoms with Crippen molar-refractivity contribution in [2.75, 3.05) is 5.75 Å². The fourth-order valence-electron chi connectivity index (χ4n) is 2.24. The third-order valence-electron chi connectivity index (χ3n) is 3.80. The van der Waals surface area contributed by atoms with Crippen LogP contribution in [0.1, 0.15) is 18.4 Å². The van der Waals surface area contributed by atoms with Crippen molar-refractivity contribution in [1.29, 1.82) is 0 Å². The minimum atomic E-state index is -1.32. The molecule has 0 saturated carbocycles. The Morgan fingerprint density at radius 1 is 1.00 bits per heavy atom. The van der Waals surface area contributed by atoms with Gasteiger partial charge in [0.1, 0.15) is 17.8 Å². The molecule has 0 aliphatic carbocycles. The lowest BCUT2D eigenvalue weighted by atomic mass is 10.0. The molecular weight excluding hydrogens is 390 g/mol. The van der Waals surface area contributed by atoms with Gasteiger partial charge in [-0.05, 0) is 24.1 Å². The summed E-state index contributed by atoms with van der Waals surface area (Å²) in [5, 5.41) is 32.1. The number of rotatable bonds is 11. The lowest BCUT2D eigenvalue weighted by Gasteiger charge is -2.22. The lowest BCUT2D eigenvalue weighted by Crippen LogP contribution is -2.55. The van der Waals surface area contributed by atoms with E-state index in [1.165, 1.54) is 24.3 Å². The maximum atomic E-state index is 12.5. The summed E-state index contributed by atoms with van der Waals surface area (Å²) >= 11 is 3.88. The average molecular weight is 413 g/mol. The number of amides is 2. The number of nitrogens with two attached hydrogens (primary N) is 1. The van der Waals surface area contributed by atoms with Gasteiger partial charge in [0.25, 0.3) is 0 Å². The number of aromatic hydroxyl groups is 1. The van der Waals surface area contributed by atoms with Crippen LogP contribution in [-0.2, 0) is 25.6 Å². The summed E-state index contributed by atoms with van der Waals surface area (Å²) in [5.74, 6) is -4.01. The first-order chi connectivity index (χ1) is 13.1. The van der Waals surface area contributed by atoms with Crippen molar-refractivity contribution in [1.82, 2.24) is 10.6 Å². The van der Waals surface area contributed by atoms with Crippen molar-refractivity contribution in [3.63, 3.8) is 0 Å². The minimum absolute atomic E-state index is 0.0108. The summed E-state index contributed by atoms with van der Waals surface area (Å²) in [5.41, 5.74) is 6.08. The van der Waals surface area contributed by atoms with E-state index in [1.54, 1.807) is 0 Å². The molecule has 0 aliphatic heterocycles. The summed E-state index contributed by atoms with van der Waals surface area (Å²) in [4.78, 5) is 46.7. The molecule has 1 rings (SSSR count). The van der Waals surface area contributed by atoms with Crippen molar-refractivity contribution < 1.29 is 34.5 Å². The van der Waals surface area contributed by atoms with E-state index in [2.05, 4.69) is 23.3 Å². The van der Waals surface area contributed by atoms with Gasteiger partial charge in [-0.25, -0.2) is 4.79 Å². The monoisotopic (exact) mass is 413 g/mol. The second-order valence-electron chi connectivity index (χ2n) is 6.05. The van der Waals surface area contributed by atoms with Crippen molar-refractivity contribution >= 4 is 36.4 Å². The Labute approximate surface area is 166 Å². The fourth-order valence-corrected chi connectivity index (χ4v) is 2.40. The van der Waals surface area contributed by atoms with Gasteiger partial charge < -0.3 is 31.7 Å². The van der Waals surface area contributed by atoms with Crippen molar-refractivity contribution in [2.45, 2.75) is 37.4 Å². The summed E-state index contributed by atoms with van der Waals surface area (Å²) in [6.45, 7) is 0. The van der Waals surface area contributed by atoms with Crippen LogP contribution in [0.15, 0.2) is 24.3 Å². The van der Waals surface area contributed by atoms with Gasteiger partial charge in [0.15, 0.2) is 0 Å². The molecule has 28 heavy (non-hydrogen) atoms. The van der Waals surface area contributed by atoms with E-state index in [0.717, 1.165) is 0 Å². The molecule has 0 radical (unpaired) electrons. The van der Waals surface area contributed by atoms with Gasteiger partial charge in [0.2, 0.25) is 11.8 Å². The van der Waals surface area contributed by atoms with Crippen LogP contribution in [0.2, 0.25) is 0 Å². The van der Waals surface area contributed by atoms with Crippen LogP contribution >= 0.6 is 12.6 Å². The molecule has 0 heterocycles. The maximum absolute atomic E-state index is 12.5. The summed E-state index contributed by atoms with van der Waals surface area (Å²) in [6, 6.07) is 2.18. The third-order valence-corrected chi connectivity index (χ3v) is 4.20. The Balaban J connectivity index is 2.87. The SMILES string of the molecule is N[C@@H](CS)C(=O)N[C@@H](CCC(=O)O)C(=O)N[C@@H](Cc1ccc(O)cc1)C(=O)O. The highest BCUT2D eigenvalue weighted by Gasteiger charge is 2.28. The Bertz CT molecular complexity index is 711. The molecule has 7 N–H and O–H groups in total. The second kappa shape index (κ2) is 11.1. The molecule has 1 aromatic rings. The van der Waals surface area contributed by atoms with E-state index >= 15 is 0 Å². The van der Waals surface area contributed by atoms with E-state index < -0.39 is 48.3 Å². The lowest BCUT2D eigenvalue weighted by molar-refractivity contribution is -0.143. The maximum Gasteiger partial charge on any atom is 0.326 e. The zero-order chi connectivity index (χ0) is 21.3. The molecule has 0 bridgehead atoms. The number of phenolic OH excluding ortho intramolecular Hbond substituents is 1. The number of carboxylic acids is 2. The number of carboxylic acid groups (broad SMARTS) is 2. The molecule has 1 aromatic carbocycles. The highest BCUT2D eigenvalue weighted by molar-refractivity contribution is 7.80. The third kappa shape index (κ3) is 7.84. The van der Waals surface area contributed by atoms with Gasteiger partial charge in [-0.1, -0.05) is 12.1 Å². The molecule has 3 atom stereocenters. The predicted octanol–water partition coefficient (Wildman–Crippen LogP) is -0.889. The highest BCUT2D eigenvalue weighted by Crippen LogP contribution is 2.12. The van der Waals surface area contributed by atoms with Crippen molar-refractivity contribution in [3.8, 4) is 5.75 Å². The minimum Gasteiger partial charge on any atom is -0.508 e. The zero-order valence-electron chi connectivity index (χ0n) is 14.9. The van der Waals surface area contributed by atoms with E-state index in [0.29, 0.717) is 5.56 Å². The molecule has 0 spiro atoms. The normalized spacial score (nSPS) is 13.8. The van der Waals surface area contributed by atoms with E-state index in [4.69, 9.17) is 10.8 Å². The Morgan fingerprint density at radius 3 is 2.07 bits per heavy atom. The molecule has 0 unspecified atom stereocenters. The number of carbonyl (C=O) groups is 4. The smallest absolute Gasteiger partial charge is 0.326 e. The predicted molar refractivity (Wildman–Crippen MR) is 102 cm³/mol. The summed E-state index contributed by atoms with van der Waals surface area (Å²) in [6.07, 6.45) is -0.723. The van der Waals surface area contributed by atoms with Gasteiger partial charge in [-0.3, -0.25) is 14.4 Å². The van der Waals surface area contributed by atoms with E-state index in [-0.39, 0.29) is 24.3 Å². The number of carbonyl (C=O) groups excluding carboxylic acids is 2. The average Bonchev–Trinajstić information content (AvgIpc) is 2.64. The van der Waals surface area contributed by atoms with E-state index in [9.17, 15) is 29.4 Å². The van der Waals surface area contributed by atoms with Crippen LogP contribution in [0.4, 0.5) is 0 Å².